The Morgan fingerprint density at radius 1 is 1.54 bits per heavy atom. The van der Waals surface area contributed by atoms with E-state index in [-0.39, 0.29) is 6.54 Å². The van der Waals surface area contributed by atoms with E-state index in [0.29, 0.717) is 0 Å². The third-order valence-electron chi connectivity index (χ3n) is 1.58. The highest BCUT2D eigenvalue weighted by Crippen LogP contribution is 2.04. The van der Waals surface area contributed by atoms with E-state index in [9.17, 15) is 0 Å². The van der Waals surface area contributed by atoms with Gasteiger partial charge in [0.1, 0.15) is 18.7 Å². The molecule has 0 aromatic carbocycles. The minimum Gasteiger partial charge on any atom is -0.357 e. The van der Waals surface area contributed by atoms with E-state index in [1.807, 2.05) is 12.1 Å². The lowest BCUT2D eigenvalue weighted by molar-refractivity contribution is 0.872. The Kier molecular flexibility index (Phi) is 3.71. The van der Waals surface area contributed by atoms with Crippen LogP contribution in [0.5, 0.6) is 0 Å². The van der Waals surface area contributed by atoms with E-state index in [1.54, 1.807) is 0 Å². The largest absolute Gasteiger partial charge is 0.357 e. The molecule has 1 heterocycles. The minimum absolute atomic E-state index is 0.280. The molecule has 1 N–H and O–H groups in total. The molecule has 0 radical (unpaired) electrons. The molecule has 0 unspecified atom stereocenters. The molecule has 4 nitrogen and oxygen atoms in total. The maximum atomic E-state index is 8.34. The Morgan fingerprint density at radius 3 is 3.08 bits per heavy atom. The number of hydrogen-bond acceptors (Lipinski definition) is 4. The van der Waals surface area contributed by atoms with Crippen molar-refractivity contribution in [3.05, 3.63) is 18.1 Å². The van der Waals surface area contributed by atoms with Crippen molar-refractivity contribution in [1.82, 2.24) is 9.97 Å². The summed E-state index contributed by atoms with van der Waals surface area (Å²) in [6.45, 7) is 2.38. The van der Waals surface area contributed by atoms with Crippen LogP contribution in [-0.2, 0) is 6.42 Å². The van der Waals surface area contributed by atoms with E-state index in [1.165, 1.54) is 6.33 Å². The summed E-state index contributed by atoms with van der Waals surface area (Å²) in [7, 11) is 0. The van der Waals surface area contributed by atoms with Gasteiger partial charge in [0, 0.05) is 11.8 Å². The molecule has 13 heavy (non-hydrogen) atoms. The first kappa shape index (κ1) is 9.46. The SMILES string of the molecule is CCCc1cc(NCC#N)ncn1. The summed E-state index contributed by atoms with van der Waals surface area (Å²) in [4.78, 5) is 8.09. The van der Waals surface area contributed by atoms with Gasteiger partial charge in [-0.05, 0) is 6.42 Å². The van der Waals surface area contributed by atoms with Crippen molar-refractivity contribution >= 4 is 5.82 Å². The molecule has 0 fully saturated rings. The Labute approximate surface area is 77.6 Å². The monoisotopic (exact) mass is 176 g/mol. The van der Waals surface area contributed by atoms with Gasteiger partial charge in [-0.25, -0.2) is 9.97 Å². The standard InChI is InChI=1S/C9H12N4/c1-2-3-8-6-9(11-5-4-10)13-7-12-8/h6-7H,2-3,5H2,1H3,(H,11,12,13). The van der Waals surface area contributed by atoms with Gasteiger partial charge in [-0.1, -0.05) is 13.3 Å². The Balaban J connectivity index is 2.63. The minimum atomic E-state index is 0.280. The van der Waals surface area contributed by atoms with Crippen LogP contribution in [-0.4, -0.2) is 16.5 Å². The summed E-state index contributed by atoms with van der Waals surface area (Å²) in [6, 6.07) is 3.87. The van der Waals surface area contributed by atoms with Gasteiger partial charge in [-0.15, -0.1) is 0 Å². The number of nitriles is 1. The number of nitrogens with zero attached hydrogens (tertiary/aromatic N) is 3. The van der Waals surface area contributed by atoms with Gasteiger partial charge in [0.15, 0.2) is 0 Å². The Bertz CT molecular complexity index is 303. The van der Waals surface area contributed by atoms with Crippen LogP contribution >= 0.6 is 0 Å². The third-order valence-corrected chi connectivity index (χ3v) is 1.58. The lowest BCUT2D eigenvalue weighted by atomic mass is 10.2. The van der Waals surface area contributed by atoms with E-state index in [0.717, 1.165) is 24.4 Å². The first-order valence-corrected chi connectivity index (χ1v) is 4.28. The number of anilines is 1. The summed E-state index contributed by atoms with van der Waals surface area (Å²) in [5, 5.41) is 11.2. The average molecular weight is 176 g/mol. The van der Waals surface area contributed by atoms with Crippen LogP contribution in [0.1, 0.15) is 19.0 Å². The predicted octanol–water partition coefficient (Wildman–Crippen LogP) is 1.36. The zero-order valence-electron chi connectivity index (χ0n) is 7.62. The molecule has 0 bridgehead atoms. The highest BCUT2D eigenvalue weighted by molar-refractivity contribution is 5.35. The van der Waals surface area contributed by atoms with Crippen molar-refractivity contribution < 1.29 is 0 Å². The summed E-state index contributed by atoms with van der Waals surface area (Å²) in [6.07, 6.45) is 3.53. The zero-order valence-corrected chi connectivity index (χ0v) is 7.62. The van der Waals surface area contributed by atoms with E-state index in [2.05, 4.69) is 22.2 Å². The van der Waals surface area contributed by atoms with Crippen LogP contribution < -0.4 is 5.32 Å². The van der Waals surface area contributed by atoms with Gasteiger partial charge in [0.25, 0.3) is 0 Å². The molecule has 0 aliphatic heterocycles. The molecule has 0 atom stereocenters. The second-order valence-electron chi connectivity index (χ2n) is 2.66. The van der Waals surface area contributed by atoms with Crippen molar-refractivity contribution in [3.63, 3.8) is 0 Å². The first-order chi connectivity index (χ1) is 6.36. The number of aromatic nitrogens is 2. The van der Waals surface area contributed by atoms with Gasteiger partial charge in [0.2, 0.25) is 0 Å². The van der Waals surface area contributed by atoms with Crippen molar-refractivity contribution in [2.75, 3.05) is 11.9 Å². The first-order valence-electron chi connectivity index (χ1n) is 4.28. The topological polar surface area (TPSA) is 61.6 Å². The van der Waals surface area contributed by atoms with Crippen molar-refractivity contribution in [2.45, 2.75) is 19.8 Å². The number of rotatable bonds is 4. The zero-order chi connectivity index (χ0) is 9.52. The van der Waals surface area contributed by atoms with E-state index >= 15 is 0 Å². The van der Waals surface area contributed by atoms with E-state index in [4.69, 9.17) is 5.26 Å². The summed E-state index contributed by atoms with van der Waals surface area (Å²) < 4.78 is 0. The maximum absolute atomic E-state index is 8.34. The molecule has 0 amide bonds. The number of aryl methyl sites for hydroxylation is 1. The molecule has 0 saturated carbocycles. The highest BCUT2D eigenvalue weighted by atomic mass is 15.0. The molecular weight excluding hydrogens is 164 g/mol. The number of nitrogens with one attached hydrogen (secondary N) is 1. The molecule has 0 aliphatic rings. The molecule has 1 rings (SSSR count). The molecule has 1 aromatic rings. The van der Waals surface area contributed by atoms with Gasteiger partial charge < -0.3 is 5.32 Å². The fraction of sp³-hybridized carbons (Fsp3) is 0.444. The molecule has 4 heteroatoms. The number of hydrogen-bond donors (Lipinski definition) is 1. The fourth-order valence-electron chi connectivity index (χ4n) is 1.02. The lowest BCUT2D eigenvalue weighted by Gasteiger charge is -2.01. The van der Waals surface area contributed by atoms with Crippen LogP contribution in [0.3, 0.4) is 0 Å². The summed E-state index contributed by atoms with van der Waals surface area (Å²) in [5.41, 5.74) is 1.01. The van der Waals surface area contributed by atoms with Crippen LogP contribution in [0, 0.1) is 11.3 Å². The molecule has 1 aromatic heterocycles. The fourth-order valence-corrected chi connectivity index (χ4v) is 1.02. The van der Waals surface area contributed by atoms with Gasteiger partial charge in [-0.2, -0.15) is 5.26 Å². The summed E-state index contributed by atoms with van der Waals surface area (Å²) >= 11 is 0. The van der Waals surface area contributed by atoms with Crippen molar-refractivity contribution in [1.29, 1.82) is 5.26 Å². The quantitative estimate of drug-likeness (QED) is 0.704. The Morgan fingerprint density at radius 2 is 2.38 bits per heavy atom. The summed E-state index contributed by atoms with van der Waals surface area (Å²) in [5.74, 6) is 0.722. The predicted molar refractivity (Wildman–Crippen MR) is 50.1 cm³/mol. The molecule has 0 saturated heterocycles. The second-order valence-corrected chi connectivity index (χ2v) is 2.66. The second kappa shape index (κ2) is 5.09. The average Bonchev–Trinajstić information content (AvgIpc) is 2.16. The lowest BCUT2D eigenvalue weighted by Crippen LogP contribution is -2.02. The third kappa shape index (κ3) is 3.08. The van der Waals surface area contributed by atoms with Crippen molar-refractivity contribution in [2.24, 2.45) is 0 Å². The molecule has 0 spiro atoms. The van der Waals surface area contributed by atoms with Crippen molar-refractivity contribution in [3.8, 4) is 6.07 Å². The van der Waals surface area contributed by atoms with Gasteiger partial charge in [-0.3, -0.25) is 0 Å². The Hall–Kier alpha value is -1.63. The van der Waals surface area contributed by atoms with Crippen LogP contribution in [0.4, 0.5) is 5.82 Å². The van der Waals surface area contributed by atoms with E-state index < -0.39 is 0 Å². The molecular formula is C9H12N4. The molecule has 0 aliphatic carbocycles. The van der Waals surface area contributed by atoms with Crippen LogP contribution in [0.25, 0.3) is 0 Å². The smallest absolute Gasteiger partial charge is 0.130 e. The van der Waals surface area contributed by atoms with Crippen LogP contribution in [0.15, 0.2) is 12.4 Å². The van der Waals surface area contributed by atoms with Crippen LogP contribution in [0.2, 0.25) is 0 Å². The van der Waals surface area contributed by atoms with Gasteiger partial charge in [0.05, 0.1) is 6.07 Å². The normalized spacial score (nSPS) is 9.23. The maximum Gasteiger partial charge on any atom is 0.130 e. The highest BCUT2D eigenvalue weighted by Gasteiger charge is 1.96. The molecule has 68 valence electrons. The van der Waals surface area contributed by atoms with Gasteiger partial charge >= 0.3 is 0 Å².